The third-order valence-corrected chi connectivity index (χ3v) is 1.99. The van der Waals surface area contributed by atoms with Crippen LogP contribution in [0.5, 0.6) is 0 Å². The Morgan fingerprint density at radius 2 is 1.56 bits per heavy atom. The zero-order chi connectivity index (χ0) is 7.33. The van der Waals surface area contributed by atoms with Crippen LogP contribution in [0.15, 0.2) is 0 Å². The Bertz CT molecular complexity index is 65.0. The van der Waals surface area contributed by atoms with Gasteiger partial charge in [0.1, 0.15) is 5.60 Å². The molecule has 0 aromatic heterocycles. The van der Waals surface area contributed by atoms with Gasteiger partial charge in [0, 0.05) is 0 Å². The molecule has 0 saturated carbocycles. The van der Waals surface area contributed by atoms with E-state index in [4.69, 9.17) is 0 Å². The SMILES string of the molecule is CCCC([O])(CC)CC. The van der Waals surface area contributed by atoms with Gasteiger partial charge in [-0.15, -0.1) is 0 Å². The summed E-state index contributed by atoms with van der Waals surface area (Å²) in [5.74, 6) is 0. The minimum Gasteiger partial charge on any atom is -0.230 e. The van der Waals surface area contributed by atoms with Gasteiger partial charge in [-0.3, -0.25) is 0 Å². The van der Waals surface area contributed by atoms with E-state index in [1.54, 1.807) is 0 Å². The summed E-state index contributed by atoms with van der Waals surface area (Å²) in [6.07, 6.45) is 3.40. The quantitative estimate of drug-likeness (QED) is 0.556. The molecule has 0 rings (SSSR count). The van der Waals surface area contributed by atoms with Crippen molar-refractivity contribution in [2.45, 2.75) is 52.1 Å². The number of hydrogen-bond donors (Lipinski definition) is 0. The lowest BCUT2D eigenvalue weighted by Gasteiger charge is -2.20. The van der Waals surface area contributed by atoms with Crippen molar-refractivity contribution < 1.29 is 5.11 Å². The molecule has 0 amide bonds. The smallest absolute Gasteiger partial charge is 0.103 e. The van der Waals surface area contributed by atoms with E-state index >= 15 is 0 Å². The monoisotopic (exact) mass is 129 g/mol. The molecule has 0 atom stereocenters. The largest absolute Gasteiger partial charge is 0.230 e. The molecular formula is C8H17O. The van der Waals surface area contributed by atoms with Gasteiger partial charge in [0.25, 0.3) is 0 Å². The predicted octanol–water partition coefficient (Wildman–Crippen LogP) is 2.78. The molecule has 0 spiro atoms. The minimum atomic E-state index is -0.616. The third-order valence-electron chi connectivity index (χ3n) is 1.99. The molecule has 0 heterocycles. The Hall–Kier alpha value is -0.0400. The average Bonchev–Trinajstić information content (AvgIpc) is 1.89. The van der Waals surface area contributed by atoms with E-state index in [0.717, 1.165) is 25.7 Å². The Morgan fingerprint density at radius 3 is 1.67 bits per heavy atom. The molecule has 0 aliphatic carbocycles. The molecular weight excluding hydrogens is 112 g/mol. The van der Waals surface area contributed by atoms with Gasteiger partial charge in [-0.25, -0.2) is 5.11 Å². The second kappa shape index (κ2) is 3.89. The van der Waals surface area contributed by atoms with E-state index in [-0.39, 0.29) is 0 Å². The summed E-state index contributed by atoms with van der Waals surface area (Å²) in [5, 5.41) is 11.4. The summed E-state index contributed by atoms with van der Waals surface area (Å²) >= 11 is 0. The Kier molecular flexibility index (Phi) is 3.87. The summed E-state index contributed by atoms with van der Waals surface area (Å²) in [7, 11) is 0. The topological polar surface area (TPSA) is 19.9 Å². The van der Waals surface area contributed by atoms with Gasteiger partial charge in [0.15, 0.2) is 0 Å². The van der Waals surface area contributed by atoms with Crippen molar-refractivity contribution in [3.05, 3.63) is 0 Å². The second-order valence-electron chi connectivity index (χ2n) is 2.64. The van der Waals surface area contributed by atoms with Gasteiger partial charge >= 0.3 is 0 Å². The summed E-state index contributed by atoms with van der Waals surface area (Å²) in [4.78, 5) is 0. The molecule has 0 unspecified atom stereocenters. The van der Waals surface area contributed by atoms with Crippen LogP contribution >= 0.6 is 0 Å². The first-order chi connectivity index (χ1) is 4.18. The lowest BCUT2D eigenvalue weighted by molar-refractivity contribution is -0.0435. The highest BCUT2D eigenvalue weighted by Crippen LogP contribution is 2.21. The molecule has 1 radical (unpaired) electrons. The molecule has 0 aromatic rings. The molecule has 0 fully saturated rings. The highest BCUT2D eigenvalue weighted by Gasteiger charge is 2.22. The van der Waals surface area contributed by atoms with E-state index in [0.29, 0.717) is 0 Å². The molecule has 0 aliphatic rings. The van der Waals surface area contributed by atoms with Crippen LogP contribution in [-0.2, 0) is 5.11 Å². The lowest BCUT2D eigenvalue weighted by Crippen LogP contribution is -2.23. The second-order valence-corrected chi connectivity index (χ2v) is 2.64. The molecule has 0 aromatic carbocycles. The maximum Gasteiger partial charge on any atom is 0.103 e. The first-order valence-electron chi connectivity index (χ1n) is 3.89. The van der Waals surface area contributed by atoms with Gasteiger partial charge in [0.05, 0.1) is 0 Å². The fraction of sp³-hybridized carbons (Fsp3) is 1.00. The van der Waals surface area contributed by atoms with Crippen molar-refractivity contribution in [1.29, 1.82) is 0 Å². The standard InChI is InChI=1S/C8H17O/c1-4-7-8(9,5-2)6-3/h4-7H2,1-3H3. The summed E-state index contributed by atoms with van der Waals surface area (Å²) in [5.41, 5.74) is -0.616. The highest BCUT2D eigenvalue weighted by molar-refractivity contribution is 4.72. The first kappa shape index (κ1) is 8.96. The van der Waals surface area contributed by atoms with Crippen molar-refractivity contribution in [3.8, 4) is 0 Å². The molecule has 1 nitrogen and oxygen atoms in total. The maximum atomic E-state index is 11.4. The predicted molar refractivity (Wildman–Crippen MR) is 38.9 cm³/mol. The molecule has 1 heteroatoms. The molecule has 9 heavy (non-hydrogen) atoms. The van der Waals surface area contributed by atoms with Crippen LogP contribution in [-0.4, -0.2) is 5.60 Å². The third kappa shape index (κ3) is 2.85. The van der Waals surface area contributed by atoms with Gasteiger partial charge in [-0.2, -0.15) is 0 Å². The maximum absolute atomic E-state index is 11.4. The normalized spacial score (nSPS) is 12.0. The van der Waals surface area contributed by atoms with Crippen LogP contribution in [0.3, 0.4) is 0 Å². The van der Waals surface area contributed by atoms with Crippen LogP contribution in [0.25, 0.3) is 0 Å². The van der Waals surface area contributed by atoms with E-state index in [2.05, 4.69) is 6.92 Å². The van der Waals surface area contributed by atoms with Crippen LogP contribution in [0.4, 0.5) is 0 Å². The summed E-state index contributed by atoms with van der Waals surface area (Å²) in [6.45, 7) is 6.02. The van der Waals surface area contributed by atoms with Crippen molar-refractivity contribution in [2.75, 3.05) is 0 Å². The molecule has 55 valence electrons. The first-order valence-corrected chi connectivity index (χ1v) is 3.89. The van der Waals surface area contributed by atoms with Crippen LogP contribution in [0.2, 0.25) is 0 Å². The van der Waals surface area contributed by atoms with Crippen LogP contribution in [0, 0.1) is 0 Å². The van der Waals surface area contributed by atoms with E-state index in [9.17, 15) is 5.11 Å². The van der Waals surface area contributed by atoms with Crippen molar-refractivity contribution in [2.24, 2.45) is 0 Å². The lowest BCUT2D eigenvalue weighted by atomic mass is 9.92. The minimum absolute atomic E-state index is 0.616. The van der Waals surface area contributed by atoms with Gasteiger partial charge in [0.2, 0.25) is 0 Å². The summed E-state index contributed by atoms with van der Waals surface area (Å²) in [6, 6.07) is 0. The number of rotatable bonds is 4. The molecule has 0 bridgehead atoms. The van der Waals surface area contributed by atoms with Crippen LogP contribution < -0.4 is 0 Å². The van der Waals surface area contributed by atoms with E-state index < -0.39 is 5.60 Å². The van der Waals surface area contributed by atoms with Gasteiger partial charge < -0.3 is 0 Å². The zero-order valence-corrected chi connectivity index (χ0v) is 6.74. The van der Waals surface area contributed by atoms with Crippen LogP contribution in [0.1, 0.15) is 46.5 Å². The molecule has 0 N–H and O–H groups in total. The van der Waals surface area contributed by atoms with E-state index in [1.165, 1.54) is 0 Å². The molecule has 0 aliphatic heterocycles. The van der Waals surface area contributed by atoms with Crippen molar-refractivity contribution in [1.82, 2.24) is 0 Å². The Labute approximate surface area is 58.1 Å². The fourth-order valence-corrected chi connectivity index (χ4v) is 1.06. The zero-order valence-electron chi connectivity index (χ0n) is 6.74. The van der Waals surface area contributed by atoms with Crippen molar-refractivity contribution in [3.63, 3.8) is 0 Å². The molecule has 0 saturated heterocycles. The fourth-order valence-electron chi connectivity index (χ4n) is 1.06. The summed E-state index contributed by atoms with van der Waals surface area (Å²) < 4.78 is 0. The Morgan fingerprint density at radius 1 is 1.11 bits per heavy atom. The average molecular weight is 129 g/mol. The van der Waals surface area contributed by atoms with Crippen molar-refractivity contribution >= 4 is 0 Å². The number of hydrogen-bond acceptors (Lipinski definition) is 0. The highest BCUT2D eigenvalue weighted by atomic mass is 16.3. The Balaban J connectivity index is 3.62. The van der Waals surface area contributed by atoms with E-state index in [1.807, 2.05) is 13.8 Å². The van der Waals surface area contributed by atoms with Gasteiger partial charge in [-0.1, -0.05) is 27.2 Å². The van der Waals surface area contributed by atoms with Gasteiger partial charge in [-0.05, 0) is 19.3 Å².